The van der Waals surface area contributed by atoms with E-state index in [1.54, 1.807) is 7.11 Å². The van der Waals surface area contributed by atoms with Crippen LogP contribution in [0.1, 0.15) is 28.8 Å². The van der Waals surface area contributed by atoms with Gasteiger partial charge in [-0.25, -0.2) is 0 Å². The molecule has 0 atom stereocenters. The highest BCUT2D eigenvalue weighted by molar-refractivity contribution is 6.04. The molecule has 116 valence electrons. The van der Waals surface area contributed by atoms with E-state index in [0.717, 1.165) is 42.4 Å². The molecule has 0 saturated carbocycles. The van der Waals surface area contributed by atoms with E-state index in [0.29, 0.717) is 11.3 Å². The van der Waals surface area contributed by atoms with Crippen LogP contribution in [0, 0.1) is 0 Å². The van der Waals surface area contributed by atoms with Gasteiger partial charge in [-0.05, 0) is 43.3 Å². The highest BCUT2D eigenvalue weighted by Gasteiger charge is 2.19. The van der Waals surface area contributed by atoms with Gasteiger partial charge in [-0.15, -0.1) is 0 Å². The number of carbonyl (C=O) groups excluding carboxylic acids is 1. The Balaban J connectivity index is 2.02. The smallest absolute Gasteiger partial charge is 0.252 e. The normalized spacial score (nSPS) is 15.3. The largest absolute Gasteiger partial charge is 0.495 e. The number of nitrogens with zero attached hydrogens (tertiary/aromatic N) is 1. The fourth-order valence-corrected chi connectivity index (χ4v) is 3.33. The highest BCUT2D eigenvalue weighted by Crippen LogP contribution is 2.33. The van der Waals surface area contributed by atoms with E-state index in [-0.39, 0.29) is 0 Å². The molecule has 1 heterocycles. The molecule has 0 radical (unpaired) electrons. The maximum atomic E-state index is 12.0. The number of hydrogen-bond acceptors (Lipinski definition) is 3. The Morgan fingerprint density at radius 2 is 2.00 bits per heavy atom. The number of rotatable bonds is 5. The van der Waals surface area contributed by atoms with Gasteiger partial charge in [-0.1, -0.05) is 30.3 Å². The number of methoxy groups -OCH3 is 1. The Kier molecular flexibility index (Phi) is 4.29. The summed E-state index contributed by atoms with van der Waals surface area (Å²) in [5, 5.41) is 2.02. The number of fused-ring (bicyclic) bond motifs is 1. The van der Waals surface area contributed by atoms with Crippen LogP contribution in [-0.2, 0) is 6.42 Å². The summed E-state index contributed by atoms with van der Waals surface area (Å²) in [5.74, 6) is 0.182. The average molecular weight is 298 g/mol. The van der Waals surface area contributed by atoms with E-state index in [1.165, 1.54) is 12.8 Å². The zero-order chi connectivity index (χ0) is 15.5. The van der Waals surface area contributed by atoms with E-state index >= 15 is 0 Å². The van der Waals surface area contributed by atoms with Crippen molar-refractivity contribution in [2.75, 3.05) is 26.7 Å². The van der Waals surface area contributed by atoms with Crippen LogP contribution >= 0.6 is 0 Å². The number of hydrogen-bond donors (Lipinski definition) is 1. The minimum atomic E-state index is -0.418. The molecule has 0 aliphatic carbocycles. The SMILES string of the molecule is COc1c(C(N)=O)c(CCN2CCCC2)cc2ccccc12. The molecule has 0 aromatic heterocycles. The minimum absolute atomic E-state index is 0.418. The third-order valence-corrected chi connectivity index (χ3v) is 4.43. The molecule has 1 fully saturated rings. The van der Waals surface area contributed by atoms with Gasteiger partial charge in [0.1, 0.15) is 5.75 Å². The van der Waals surface area contributed by atoms with Gasteiger partial charge >= 0.3 is 0 Å². The molecule has 4 heteroatoms. The number of carbonyl (C=O) groups is 1. The summed E-state index contributed by atoms with van der Waals surface area (Å²) in [6.07, 6.45) is 3.35. The van der Waals surface area contributed by atoms with Gasteiger partial charge in [0, 0.05) is 11.9 Å². The molecular weight excluding hydrogens is 276 g/mol. The van der Waals surface area contributed by atoms with E-state index in [4.69, 9.17) is 10.5 Å². The quantitative estimate of drug-likeness (QED) is 0.923. The van der Waals surface area contributed by atoms with Crippen LogP contribution in [0.5, 0.6) is 5.75 Å². The molecule has 0 spiro atoms. The molecule has 22 heavy (non-hydrogen) atoms. The van der Waals surface area contributed by atoms with E-state index in [2.05, 4.69) is 11.0 Å². The molecule has 1 aliphatic rings. The lowest BCUT2D eigenvalue weighted by atomic mass is 9.96. The zero-order valence-electron chi connectivity index (χ0n) is 13.0. The van der Waals surface area contributed by atoms with Crippen molar-refractivity contribution in [2.24, 2.45) is 5.73 Å². The van der Waals surface area contributed by atoms with Crippen LogP contribution < -0.4 is 10.5 Å². The highest BCUT2D eigenvalue weighted by atomic mass is 16.5. The number of nitrogens with two attached hydrogens (primary N) is 1. The maximum absolute atomic E-state index is 12.0. The number of amides is 1. The topological polar surface area (TPSA) is 55.6 Å². The lowest BCUT2D eigenvalue weighted by Gasteiger charge is -2.18. The first kappa shape index (κ1) is 14.9. The molecule has 2 N–H and O–H groups in total. The summed E-state index contributed by atoms with van der Waals surface area (Å²) in [6.45, 7) is 3.26. The van der Waals surface area contributed by atoms with Crippen molar-refractivity contribution in [3.8, 4) is 5.75 Å². The monoisotopic (exact) mass is 298 g/mol. The van der Waals surface area contributed by atoms with Crippen molar-refractivity contribution in [1.29, 1.82) is 0 Å². The number of ether oxygens (including phenoxy) is 1. The van der Waals surface area contributed by atoms with Gasteiger partial charge in [0.05, 0.1) is 12.7 Å². The van der Waals surface area contributed by atoms with Gasteiger partial charge in [0.25, 0.3) is 5.91 Å². The molecule has 0 unspecified atom stereocenters. The molecule has 3 rings (SSSR count). The maximum Gasteiger partial charge on any atom is 0.252 e. The van der Waals surface area contributed by atoms with Crippen LogP contribution in [0.3, 0.4) is 0 Å². The molecule has 2 aromatic carbocycles. The van der Waals surface area contributed by atoms with Crippen LogP contribution in [0.15, 0.2) is 30.3 Å². The van der Waals surface area contributed by atoms with Gasteiger partial charge in [-0.3, -0.25) is 4.79 Å². The Hall–Kier alpha value is -2.07. The minimum Gasteiger partial charge on any atom is -0.495 e. The fourth-order valence-electron chi connectivity index (χ4n) is 3.33. The summed E-state index contributed by atoms with van der Waals surface area (Å²) in [5.41, 5.74) is 7.14. The van der Waals surface area contributed by atoms with Crippen molar-refractivity contribution in [3.05, 3.63) is 41.5 Å². The van der Waals surface area contributed by atoms with E-state index in [1.807, 2.05) is 24.3 Å². The molecule has 0 bridgehead atoms. The van der Waals surface area contributed by atoms with Crippen molar-refractivity contribution in [3.63, 3.8) is 0 Å². The summed E-state index contributed by atoms with van der Waals surface area (Å²) < 4.78 is 5.52. The lowest BCUT2D eigenvalue weighted by molar-refractivity contribution is 0.0996. The summed E-state index contributed by atoms with van der Waals surface area (Å²) in [4.78, 5) is 14.4. The first-order chi connectivity index (χ1) is 10.7. The zero-order valence-corrected chi connectivity index (χ0v) is 13.0. The summed E-state index contributed by atoms with van der Waals surface area (Å²) >= 11 is 0. The number of benzene rings is 2. The Morgan fingerprint density at radius 3 is 2.68 bits per heavy atom. The molecule has 1 saturated heterocycles. The van der Waals surface area contributed by atoms with E-state index < -0.39 is 5.91 Å². The molecular formula is C18H22N2O2. The Morgan fingerprint density at radius 1 is 1.27 bits per heavy atom. The van der Waals surface area contributed by atoms with Gasteiger partial charge < -0.3 is 15.4 Å². The standard InChI is InChI=1S/C18H22N2O2/c1-22-17-15-7-3-2-6-13(15)12-14(16(17)18(19)21)8-11-20-9-4-5-10-20/h2-3,6-7,12H,4-5,8-11H2,1H3,(H2,19,21). The second-order valence-electron chi connectivity index (χ2n) is 5.83. The third kappa shape index (κ3) is 2.79. The second-order valence-corrected chi connectivity index (χ2v) is 5.83. The molecule has 4 nitrogen and oxygen atoms in total. The van der Waals surface area contributed by atoms with Crippen molar-refractivity contribution in [2.45, 2.75) is 19.3 Å². The number of primary amides is 1. The van der Waals surface area contributed by atoms with Gasteiger partial charge in [-0.2, -0.15) is 0 Å². The van der Waals surface area contributed by atoms with Gasteiger partial charge in [0.2, 0.25) is 0 Å². The lowest BCUT2D eigenvalue weighted by Crippen LogP contribution is -2.23. The van der Waals surface area contributed by atoms with E-state index in [9.17, 15) is 4.79 Å². The summed E-state index contributed by atoms with van der Waals surface area (Å²) in [6, 6.07) is 10.0. The van der Waals surface area contributed by atoms with Crippen molar-refractivity contribution >= 4 is 16.7 Å². The molecule has 2 aromatic rings. The predicted octanol–water partition coefficient (Wildman–Crippen LogP) is 2.59. The molecule has 1 amide bonds. The van der Waals surface area contributed by atoms with Crippen molar-refractivity contribution < 1.29 is 9.53 Å². The van der Waals surface area contributed by atoms with Gasteiger partial charge in [0.15, 0.2) is 0 Å². The molecule has 1 aliphatic heterocycles. The van der Waals surface area contributed by atoms with Crippen LogP contribution in [0.4, 0.5) is 0 Å². The van der Waals surface area contributed by atoms with Crippen molar-refractivity contribution in [1.82, 2.24) is 4.90 Å². The second kappa shape index (κ2) is 6.36. The predicted molar refractivity (Wildman–Crippen MR) is 88.4 cm³/mol. The van der Waals surface area contributed by atoms with Crippen LogP contribution in [0.2, 0.25) is 0 Å². The van der Waals surface area contributed by atoms with Crippen LogP contribution in [0.25, 0.3) is 10.8 Å². The van der Waals surface area contributed by atoms with Crippen LogP contribution in [-0.4, -0.2) is 37.6 Å². The Bertz CT molecular complexity index is 691. The first-order valence-electron chi connectivity index (χ1n) is 7.81. The Labute approximate surface area is 130 Å². The summed E-state index contributed by atoms with van der Waals surface area (Å²) in [7, 11) is 1.60. The first-order valence-corrected chi connectivity index (χ1v) is 7.81. The fraction of sp³-hybridized carbons (Fsp3) is 0.389. The average Bonchev–Trinajstić information content (AvgIpc) is 3.04. The number of likely N-dealkylation sites (tertiary alicyclic amines) is 1. The third-order valence-electron chi connectivity index (χ3n) is 4.43.